The summed E-state index contributed by atoms with van der Waals surface area (Å²) in [5.74, 6) is 0.660. The van der Waals surface area contributed by atoms with Crippen LogP contribution in [0.4, 0.5) is 0 Å². The van der Waals surface area contributed by atoms with Crippen molar-refractivity contribution in [3.05, 3.63) is 71.3 Å². The first kappa shape index (κ1) is 25.9. The molecule has 0 saturated carbocycles. The second kappa shape index (κ2) is 11.0. The third kappa shape index (κ3) is 5.32. The van der Waals surface area contributed by atoms with Crippen molar-refractivity contribution in [3.63, 3.8) is 0 Å². The summed E-state index contributed by atoms with van der Waals surface area (Å²) in [5.41, 5.74) is 2.90. The Kier molecular flexibility index (Phi) is 7.68. The van der Waals surface area contributed by atoms with E-state index in [1.54, 1.807) is 0 Å². The number of carbonyl (C=O) groups excluding carboxylic acids is 2. The van der Waals surface area contributed by atoms with Gasteiger partial charge in [-0.05, 0) is 43.4 Å². The van der Waals surface area contributed by atoms with E-state index < -0.39 is 0 Å². The third-order valence-electron chi connectivity index (χ3n) is 8.95. The van der Waals surface area contributed by atoms with Crippen LogP contribution in [0.15, 0.2) is 54.6 Å². The van der Waals surface area contributed by atoms with Gasteiger partial charge in [-0.3, -0.25) is 19.8 Å². The number of benzene rings is 2. The average molecular weight is 503 g/mol. The number of rotatable bonds is 6. The van der Waals surface area contributed by atoms with Crippen LogP contribution in [0.25, 0.3) is 0 Å². The maximum absolute atomic E-state index is 13.9. The van der Waals surface area contributed by atoms with E-state index in [1.807, 2.05) is 36.1 Å². The lowest BCUT2D eigenvalue weighted by molar-refractivity contribution is -0.138. The van der Waals surface area contributed by atoms with Crippen LogP contribution in [0.1, 0.15) is 67.4 Å². The number of aryl methyl sites for hydroxylation is 1. The van der Waals surface area contributed by atoms with E-state index in [-0.39, 0.29) is 29.6 Å². The Labute approximate surface area is 222 Å². The molecule has 3 aliphatic heterocycles. The maximum atomic E-state index is 13.9. The Morgan fingerprint density at radius 2 is 1.65 bits per heavy atom. The number of nitrogens with one attached hydrogen (secondary N) is 1. The van der Waals surface area contributed by atoms with Crippen molar-refractivity contribution in [2.75, 3.05) is 26.2 Å². The van der Waals surface area contributed by atoms with Crippen LogP contribution < -0.4 is 5.32 Å². The van der Waals surface area contributed by atoms with E-state index >= 15 is 0 Å². The minimum atomic E-state index is -0.346. The monoisotopic (exact) mass is 502 g/mol. The molecule has 2 aromatic carbocycles. The molecule has 37 heavy (non-hydrogen) atoms. The first-order valence-electron chi connectivity index (χ1n) is 14.1. The molecule has 1 N–H and O–H groups in total. The van der Waals surface area contributed by atoms with Gasteiger partial charge < -0.3 is 9.80 Å². The summed E-state index contributed by atoms with van der Waals surface area (Å²) in [6.07, 6.45) is 4.55. The summed E-state index contributed by atoms with van der Waals surface area (Å²) in [7, 11) is 0. The highest BCUT2D eigenvalue weighted by atomic mass is 16.2. The van der Waals surface area contributed by atoms with Crippen LogP contribution in [-0.2, 0) is 11.3 Å². The Morgan fingerprint density at radius 1 is 1.00 bits per heavy atom. The van der Waals surface area contributed by atoms with E-state index in [1.165, 1.54) is 5.56 Å². The second-order valence-corrected chi connectivity index (χ2v) is 11.4. The summed E-state index contributed by atoms with van der Waals surface area (Å²) in [6, 6.07) is 18.6. The van der Waals surface area contributed by atoms with Crippen LogP contribution in [0, 0.1) is 12.8 Å². The molecule has 0 bridgehead atoms. The van der Waals surface area contributed by atoms with Crippen molar-refractivity contribution in [1.29, 1.82) is 0 Å². The van der Waals surface area contributed by atoms with Crippen molar-refractivity contribution in [3.8, 4) is 0 Å². The van der Waals surface area contributed by atoms with Gasteiger partial charge in [0.05, 0.1) is 11.7 Å². The summed E-state index contributed by atoms with van der Waals surface area (Å²) in [6.45, 7) is 10.7. The highest BCUT2D eigenvalue weighted by molar-refractivity contribution is 5.94. The van der Waals surface area contributed by atoms with Crippen molar-refractivity contribution >= 4 is 11.8 Å². The zero-order valence-electron chi connectivity index (χ0n) is 22.7. The number of piperidine rings is 2. The van der Waals surface area contributed by atoms with Gasteiger partial charge in [-0.2, -0.15) is 0 Å². The minimum Gasteiger partial charge on any atom is -0.338 e. The van der Waals surface area contributed by atoms with Crippen LogP contribution >= 0.6 is 0 Å². The highest BCUT2D eigenvalue weighted by Gasteiger charge is 2.55. The normalized spacial score (nSPS) is 23.5. The van der Waals surface area contributed by atoms with Gasteiger partial charge in [0.1, 0.15) is 0 Å². The molecular weight excluding hydrogens is 460 g/mol. The SMILES string of the molecule is CC[C@H](C)[C@H]1NC2(CCN(C(=O)c3ccc(C)cc3)CC2)N(C2CCN(Cc3ccccc3)CC2)C1=O. The molecule has 5 rings (SSSR count). The van der Waals surface area contributed by atoms with Gasteiger partial charge in [0.15, 0.2) is 0 Å². The third-order valence-corrected chi connectivity index (χ3v) is 8.95. The summed E-state index contributed by atoms with van der Waals surface area (Å²) in [4.78, 5) is 33.8. The van der Waals surface area contributed by atoms with Crippen LogP contribution in [-0.4, -0.2) is 70.4 Å². The molecular formula is C31H42N4O2. The van der Waals surface area contributed by atoms with Crippen LogP contribution in [0.5, 0.6) is 0 Å². The minimum absolute atomic E-state index is 0.0958. The number of carbonyl (C=O) groups is 2. The Morgan fingerprint density at radius 3 is 2.27 bits per heavy atom. The lowest BCUT2D eigenvalue weighted by atomic mass is 9.91. The largest absolute Gasteiger partial charge is 0.338 e. The first-order valence-corrected chi connectivity index (χ1v) is 14.1. The first-order chi connectivity index (χ1) is 17.9. The quantitative estimate of drug-likeness (QED) is 0.635. The number of amides is 2. The van der Waals surface area contributed by atoms with Gasteiger partial charge in [0.25, 0.3) is 5.91 Å². The molecule has 3 fully saturated rings. The molecule has 3 aliphatic rings. The number of likely N-dealkylation sites (tertiary alicyclic amines) is 2. The van der Waals surface area contributed by atoms with Gasteiger partial charge in [-0.25, -0.2) is 0 Å². The van der Waals surface area contributed by atoms with E-state index in [2.05, 4.69) is 59.3 Å². The van der Waals surface area contributed by atoms with Gasteiger partial charge in [0, 0.05) is 57.2 Å². The van der Waals surface area contributed by atoms with Crippen LogP contribution in [0.3, 0.4) is 0 Å². The van der Waals surface area contributed by atoms with Crippen molar-refractivity contribution in [2.24, 2.45) is 5.92 Å². The lowest BCUT2D eigenvalue weighted by Crippen LogP contribution is -2.63. The molecule has 2 amide bonds. The van der Waals surface area contributed by atoms with E-state index in [0.717, 1.165) is 62.9 Å². The van der Waals surface area contributed by atoms with E-state index in [0.29, 0.717) is 19.0 Å². The van der Waals surface area contributed by atoms with Gasteiger partial charge in [0.2, 0.25) is 5.91 Å². The van der Waals surface area contributed by atoms with E-state index in [4.69, 9.17) is 0 Å². The fourth-order valence-corrected chi connectivity index (χ4v) is 6.45. The molecule has 0 aromatic heterocycles. The molecule has 0 aliphatic carbocycles. The maximum Gasteiger partial charge on any atom is 0.253 e. The van der Waals surface area contributed by atoms with Gasteiger partial charge in [-0.1, -0.05) is 68.3 Å². The van der Waals surface area contributed by atoms with Crippen molar-refractivity contribution in [1.82, 2.24) is 20.0 Å². The molecule has 6 nitrogen and oxygen atoms in total. The summed E-state index contributed by atoms with van der Waals surface area (Å²) in [5, 5.41) is 3.84. The molecule has 1 spiro atoms. The zero-order chi connectivity index (χ0) is 26.0. The summed E-state index contributed by atoms with van der Waals surface area (Å²) < 4.78 is 0. The lowest BCUT2D eigenvalue weighted by Gasteiger charge is -2.49. The predicted octanol–water partition coefficient (Wildman–Crippen LogP) is 4.44. The molecule has 6 heteroatoms. The topological polar surface area (TPSA) is 55.9 Å². The van der Waals surface area contributed by atoms with E-state index in [9.17, 15) is 9.59 Å². The summed E-state index contributed by atoms with van der Waals surface area (Å²) >= 11 is 0. The molecule has 198 valence electrons. The number of hydrogen-bond donors (Lipinski definition) is 1. The molecule has 0 unspecified atom stereocenters. The zero-order valence-corrected chi connectivity index (χ0v) is 22.7. The Hall–Kier alpha value is -2.70. The fraction of sp³-hybridized carbons (Fsp3) is 0.548. The number of hydrogen-bond acceptors (Lipinski definition) is 4. The molecule has 3 saturated heterocycles. The molecule has 2 aromatic rings. The Balaban J connectivity index is 1.28. The van der Waals surface area contributed by atoms with Gasteiger partial charge in [-0.15, -0.1) is 0 Å². The number of nitrogens with zero attached hydrogens (tertiary/aromatic N) is 3. The van der Waals surface area contributed by atoms with Gasteiger partial charge >= 0.3 is 0 Å². The predicted molar refractivity (Wildman–Crippen MR) is 147 cm³/mol. The standard InChI is InChI=1S/C31H42N4O2/c1-4-24(3)28-30(37)35(27-14-18-33(19-15-27)22-25-8-6-5-7-9-25)31(32-28)16-20-34(21-17-31)29(36)26-12-10-23(2)11-13-26/h5-13,24,27-28,32H,4,14-22H2,1-3H3/t24-,28+/m0/s1. The second-order valence-electron chi connectivity index (χ2n) is 11.4. The average Bonchev–Trinajstić information content (AvgIpc) is 3.21. The molecule has 3 heterocycles. The molecule has 0 radical (unpaired) electrons. The molecule has 2 atom stereocenters. The van der Waals surface area contributed by atoms with Crippen molar-refractivity contribution in [2.45, 2.75) is 77.2 Å². The van der Waals surface area contributed by atoms with Crippen molar-refractivity contribution < 1.29 is 9.59 Å². The van der Waals surface area contributed by atoms with Crippen LogP contribution in [0.2, 0.25) is 0 Å². The highest BCUT2D eigenvalue weighted by Crippen LogP contribution is 2.39. The fourth-order valence-electron chi connectivity index (χ4n) is 6.45. The smallest absolute Gasteiger partial charge is 0.253 e. The Bertz CT molecular complexity index is 1070.